The maximum atomic E-state index is 3.28. The van der Waals surface area contributed by atoms with Crippen LogP contribution in [0.5, 0.6) is 0 Å². The molecule has 0 aromatic carbocycles. The molecule has 10 heavy (non-hydrogen) atoms. The summed E-state index contributed by atoms with van der Waals surface area (Å²) in [4.78, 5) is 0. The zero-order chi connectivity index (χ0) is 7.45. The molecule has 1 rings (SSSR count). The molecule has 0 amide bonds. The Morgan fingerprint density at radius 2 is 2.10 bits per heavy atom. The summed E-state index contributed by atoms with van der Waals surface area (Å²) >= 11 is 0. The molecule has 0 aromatic rings. The maximum absolute atomic E-state index is 3.28. The van der Waals surface area contributed by atoms with Crippen LogP contribution in [-0.4, -0.2) is 13.6 Å². The molecule has 0 saturated heterocycles. The van der Waals surface area contributed by atoms with Gasteiger partial charge >= 0.3 is 0 Å². The molecule has 1 N–H and O–H groups in total. The molecular weight excluding hydrogens is 122 g/mol. The van der Waals surface area contributed by atoms with E-state index in [1.807, 2.05) is 0 Å². The maximum Gasteiger partial charge on any atom is 0.000481 e. The predicted molar refractivity (Wildman–Crippen MR) is 45.1 cm³/mol. The fourth-order valence-corrected chi connectivity index (χ4v) is 1.62. The first-order chi connectivity index (χ1) is 4.83. The van der Waals surface area contributed by atoms with Gasteiger partial charge in [0.1, 0.15) is 0 Å². The van der Waals surface area contributed by atoms with Crippen molar-refractivity contribution in [1.82, 2.24) is 5.32 Å². The number of hydrogen-bond donors (Lipinski definition) is 1. The fraction of sp³-hybridized carbons (Fsp3) is 1.00. The molecule has 1 saturated carbocycles. The van der Waals surface area contributed by atoms with Crippen molar-refractivity contribution in [3.8, 4) is 0 Å². The molecule has 60 valence electrons. The summed E-state index contributed by atoms with van der Waals surface area (Å²) in [5.41, 5.74) is 0.741. The molecule has 0 aliphatic heterocycles. The van der Waals surface area contributed by atoms with Gasteiger partial charge < -0.3 is 5.32 Å². The minimum Gasteiger partial charge on any atom is -0.319 e. The normalized spacial score (nSPS) is 21.0. The molecule has 1 aliphatic rings. The van der Waals surface area contributed by atoms with Crippen LogP contribution in [0.2, 0.25) is 0 Å². The van der Waals surface area contributed by atoms with E-state index in [4.69, 9.17) is 0 Å². The highest BCUT2D eigenvalue weighted by Gasteiger charge is 2.40. The average Bonchev–Trinajstić information content (AvgIpc) is 2.67. The van der Waals surface area contributed by atoms with Gasteiger partial charge in [-0.1, -0.05) is 19.8 Å². The van der Waals surface area contributed by atoms with Gasteiger partial charge in [0.2, 0.25) is 0 Å². The molecule has 1 fully saturated rings. The largest absolute Gasteiger partial charge is 0.319 e. The van der Waals surface area contributed by atoms with Gasteiger partial charge in [-0.2, -0.15) is 0 Å². The van der Waals surface area contributed by atoms with E-state index in [-0.39, 0.29) is 0 Å². The topological polar surface area (TPSA) is 12.0 Å². The SMILES string of the molecule is CCCCC1(CNC)CC1. The van der Waals surface area contributed by atoms with Gasteiger partial charge in [0.05, 0.1) is 0 Å². The van der Waals surface area contributed by atoms with Crippen LogP contribution in [0.1, 0.15) is 39.0 Å². The Balaban J connectivity index is 2.11. The molecule has 0 aromatic heterocycles. The second kappa shape index (κ2) is 3.38. The van der Waals surface area contributed by atoms with E-state index in [1.54, 1.807) is 0 Å². The van der Waals surface area contributed by atoms with E-state index in [2.05, 4.69) is 19.3 Å². The number of rotatable bonds is 5. The van der Waals surface area contributed by atoms with Crippen molar-refractivity contribution < 1.29 is 0 Å². The molecule has 0 heterocycles. The van der Waals surface area contributed by atoms with Gasteiger partial charge in [-0.15, -0.1) is 0 Å². The highest BCUT2D eigenvalue weighted by atomic mass is 14.8. The third kappa shape index (κ3) is 1.98. The van der Waals surface area contributed by atoms with E-state index in [1.165, 1.54) is 38.6 Å². The van der Waals surface area contributed by atoms with Crippen molar-refractivity contribution in [2.75, 3.05) is 13.6 Å². The molecule has 0 radical (unpaired) electrons. The van der Waals surface area contributed by atoms with Crippen LogP contribution < -0.4 is 5.32 Å². The number of unbranched alkanes of at least 4 members (excludes halogenated alkanes) is 1. The van der Waals surface area contributed by atoms with Crippen LogP contribution >= 0.6 is 0 Å². The van der Waals surface area contributed by atoms with Crippen LogP contribution in [0.4, 0.5) is 0 Å². The molecule has 1 aliphatic carbocycles. The smallest absolute Gasteiger partial charge is 0.000481 e. The van der Waals surface area contributed by atoms with Gasteiger partial charge in [0, 0.05) is 6.54 Å². The fourth-order valence-electron chi connectivity index (χ4n) is 1.62. The Labute approximate surface area is 64.2 Å². The molecule has 1 nitrogen and oxygen atoms in total. The lowest BCUT2D eigenvalue weighted by Gasteiger charge is -2.12. The van der Waals surface area contributed by atoms with Gasteiger partial charge in [0.15, 0.2) is 0 Å². The van der Waals surface area contributed by atoms with Gasteiger partial charge in [-0.3, -0.25) is 0 Å². The quantitative estimate of drug-likeness (QED) is 0.618. The predicted octanol–water partition coefficient (Wildman–Crippen LogP) is 2.18. The van der Waals surface area contributed by atoms with Crippen molar-refractivity contribution in [3.05, 3.63) is 0 Å². The van der Waals surface area contributed by atoms with Crippen LogP contribution in [0, 0.1) is 5.41 Å². The number of hydrogen-bond acceptors (Lipinski definition) is 1. The third-order valence-electron chi connectivity index (χ3n) is 2.57. The monoisotopic (exact) mass is 141 g/mol. The summed E-state index contributed by atoms with van der Waals surface area (Å²) in [6.07, 6.45) is 7.15. The third-order valence-corrected chi connectivity index (χ3v) is 2.57. The van der Waals surface area contributed by atoms with E-state index in [9.17, 15) is 0 Å². The molecule has 1 heteroatoms. The summed E-state index contributed by atoms with van der Waals surface area (Å²) in [7, 11) is 2.06. The Hall–Kier alpha value is -0.0400. The molecule has 0 bridgehead atoms. The van der Waals surface area contributed by atoms with Crippen LogP contribution in [0.3, 0.4) is 0 Å². The van der Waals surface area contributed by atoms with Gasteiger partial charge in [-0.25, -0.2) is 0 Å². The van der Waals surface area contributed by atoms with Crippen molar-refractivity contribution in [2.24, 2.45) is 5.41 Å². The Kier molecular flexibility index (Phi) is 2.72. The average molecular weight is 141 g/mol. The molecule has 0 atom stereocenters. The minimum atomic E-state index is 0.741. The van der Waals surface area contributed by atoms with Gasteiger partial charge in [-0.05, 0) is 31.7 Å². The molecular formula is C9H19N. The lowest BCUT2D eigenvalue weighted by molar-refractivity contribution is 0.427. The van der Waals surface area contributed by atoms with E-state index in [0.29, 0.717) is 0 Å². The lowest BCUT2D eigenvalue weighted by atomic mass is 9.99. The van der Waals surface area contributed by atoms with Crippen molar-refractivity contribution in [3.63, 3.8) is 0 Å². The summed E-state index contributed by atoms with van der Waals surface area (Å²) in [6, 6.07) is 0. The van der Waals surface area contributed by atoms with Crippen molar-refractivity contribution >= 4 is 0 Å². The van der Waals surface area contributed by atoms with E-state index >= 15 is 0 Å². The van der Waals surface area contributed by atoms with Crippen molar-refractivity contribution in [2.45, 2.75) is 39.0 Å². The zero-order valence-electron chi connectivity index (χ0n) is 7.24. The highest BCUT2D eigenvalue weighted by Crippen LogP contribution is 2.49. The first-order valence-electron chi connectivity index (χ1n) is 4.47. The van der Waals surface area contributed by atoms with Crippen LogP contribution in [-0.2, 0) is 0 Å². The minimum absolute atomic E-state index is 0.741. The van der Waals surface area contributed by atoms with Crippen molar-refractivity contribution in [1.29, 1.82) is 0 Å². The number of nitrogens with one attached hydrogen (secondary N) is 1. The summed E-state index contributed by atoms with van der Waals surface area (Å²) in [6.45, 7) is 3.52. The molecule has 0 unspecified atom stereocenters. The zero-order valence-corrected chi connectivity index (χ0v) is 7.24. The summed E-state index contributed by atoms with van der Waals surface area (Å²) < 4.78 is 0. The van der Waals surface area contributed by atoms with E-state index < -0.39 is 0 Å². The Morgan fingerprint density at radius 1 is 1.40 bits per heavy atom. The standard InChI is InChI=1S/C9H19N/c1-3-4-5-9(6-7-9)8-10-2/h10H,3-8H2,1-2H3. The Morgan fingerprint density at radius 3 is 2.50 bits per heavy atom. The first-order valence-corrected chi connectivity index (χ1v) is 4.47. The summed E-state index contributed by atoms with van der Waals surface area (Å²) in [5.74, 6) is 0. The molecule has 0 spiro atoms. The summed E-state index contributed by atoms with van der Waals surface area (Å²) in [5, 5.41) is 3.28. The second-order valence-corrected chi connectivity index (χ2v) is 3.63. The van der Waals surface area contributed by atoms with Crippen LogP contribution in [0.15, 0.2) is 0 Å². The van der Waals surface area contributed by atoms with Crippen LogP contribution in [0.25, 0.3) is 0 Å². The lowest BCUT2D eigenvalue weighted by Crippen LogP contribution is -2.19. The second-order valence-electron chi connectivity index (χ2n) is 3.63. The van der Waals surface area contributed by atoms with E-state index in [0.717, 1.165) is 5.41 Å². The highest BCUT2D eigenvalue weighted by molar-refractivity contribution is 4.93. The Bertz CT molecular complexity index is 94.9. The first kappa shape index (κ1) is 8.06. The van der Waals surface area contributed by atoms with Gasteiger partial charge in [0.25, 0.3) is 0 Å².